The van der Waals surface area contributed by atoms with Crippen LogP contribution in [0, 0.1) is 0 Å². The van der Waals surface area contributed by atoms with Gasteiger partial charge in [-0.25, -0.2) is 8.42 Å². The van der Waals surface area contributed by atoms with Gasteiger partial charge in [0.1, 0.15) is 35.9 Å². The third kappa shape index (κ3) is 5.96. The number of phenolic OH excluding ortho intramolecular Hbond substituents is 1. The van der Waals surface area contributed by atoms with Gasteiger partial charge in [-0.3, -0.25) is 0 Å². The molecular formula is C25H28N2O9S. The van der Waals surface area contributed by atoms with Crippen LogP contribution in [-0.2, 0) is 24.0 Å². The molecule has 0 spiro atoms. The third-order valence-electron chi connectivity index (χ3n) is 6.04. The van der Waals surface area contributed by atoms with Gasteiger partial charge in [-0.1, -0.05) is 36.4 Å². The smallest absolute Gasteiger partial charge is 0.186 e. The van der Waals surface area contributed by atoms with Gasteiger partial charge >= 0.3 is 0 Å². The molecule has 0 saturated carbocycles. The number of sulfone groups is 1. The molecule has 0 aliphatic carbocycles. The number of fused-ring (bicyclic) bond motifs is 1. The maximum absolute atomic E-state index is 12.9. The zero-order valence-electron chi connectivity index (χ0n) is 19.9. The second-order valence-corrected chi connectivity index (χ2v) is 10.6. The Labute approximate surface area is 213 Å². The molecule has 1 fully saturated rings. The normalized spacial score (nSPS) is 24.6. The first kappa shape index (κ1) is 27.1. The SMILES string of the molecule is CO[C@H]1O[C@H](CO)[C@@H](OCCS(=O)(=O)c2cccc(N=Nc3c(O)ccc4ccccc34)c2)[C@H](O)[C@H]1O. The van der Waals surface area contributed by atoms with Crippen molar-refractivity contribution in [3.63, 3.8) is 0 Å². The van der Waals surface area contributed by atoms with Gasteiger partial charge in [0, 0.05) is 12.5 Å². The number of azo groups is 1. The Hall–Kier alpha value is -2.97. The number of hydrogen-bond donors (Lipinski definition) is 4. The van der Waals surface area contributed by atoms with E-state index in [9.17, 15) is 28.8 Å². The summed E-state index contributed by atoms with van der Waals surface area (Å²) in [5.74, 6) is -0.497. The molecule has 0 unspecified atom stereocenters. The van der Waals surface area contributed by atoms with Crippen molar-refractivity contribution in [1.82, 2.24) is 0 Å². The Kier molecular flexibility index (Phi) is 8.49. The summed E-state index contributed by atoms with van der Waals surface area (Å²) in [6.07, 6.45) is -6.20. The van der Waals surface area contributed by atoms with Gasteiger partial charge < -0.3 is 34.6 Å². The van der Waals surface area contributed by atoms with Crippen LogP contribution >= 0.6 is 0 Å². The molecule has 3 aromatic carbocycles. The van der Waals surface area contributed by atoms with E-state index in [1.165, 1.54) is 31.4 Å². The minimum atomic E-state index is -3.83. The summed E-state index contributed by atoms with van der Waals surface area (Å²) in [6, 6.07) is 16.5. The van der Waals surface area contributed by atoms with E-state index in [0.717, 1.165) is 5.39 Å². The molecule has 1 aliphatic heterocycles. The first-order chi connectivity index (χ1) is 17.7. The molecule has 37 heavy (non-hydrogen) atoms. The van der Waals surface area contributed by atoms with Crippen molar-refractivity contribution in [2.24, 2.45) is 10.2 Å². The lowest BCUT2D eigenvalue weighted by Gasteiger charge is -2.41. The lowest BCUT2D eigenvalue weighted by molar-refractivity contribution is -0.300. The van der Waals surface area contributed by atoms with Crippen molar-refractivity contribution in [2.45, 2.75) is 35.6 Å². The number of phenols is 1. The fourth-order valence-corrected chi connectivity index (χ4v) is 5.20. The predicted molar refractivity (Wildman–Crippen MR) is 133 cm³/mol. The van der Waals surface area contributed by atoms with E-state index >= 15 is 0 Å². The van der Waals surface area contributed by atoms with E-state index in [0.29, 0.717) is 5.39 Å². The number of benzene rings is 3. The monoisotopic (exact) mass is 532 g/mol. The van der Waals surface area contributed by atoms with E-state index in [-0.39, 0.29) is 28.6 Å². The van der Waals surface area contributed by atoms with Crippen LogP contribution in [0.25, 0.3) is 10.8 Å². The van der Waals surface area contributed by atoms with Crippen LogP contribution in [0.4, 0.5) is 11.4 Å². The zero-order chi connectivity index (χ0) is 26.6. The number of rotatable bonds is 9. The molecule has 198 valence electrons. The minimum absolute atomic E-state index is 0.0201. The van der Waals surface area contributed by atoms with Gasteiger partial charge in [-0.2, -0.15) is 5.11 Å². The lowest BCUT2D eigenvalue weighted by Crippen LogP contribution is -2.60. The van der Waals surface area contributed by atoms with E-state index in [2.05, 4.69) is 10.2 Å². The summed E-state index contributed by atoms with van der Waals surface area (Å²) >= 11 is 0. The molecule has 3 aromatic rings. The Balaban J connectivity index is 1.46. The Bertz CT molecular complexity index is 1360. The Morgan fingerprint density at radius 3 is 2.54 bits per heavy atom. The molecule has 0 bridgehead atoms. The van der Waals surface area contributed by atoms with E-state index in [1.54, 1.807) is 18.2 Å². The molecule has 12 heteroatoms. The van der Waals surface area contributed by atoms with Crippen molar-refractivity contribution < 1.29 is 43.1 Å². The molecule has 4 N–H and O–H groups in total. The van der Waals surface area contributed by atoms with E-state index in [1.807, 2.05) is 18.2 Å². The zero-order valence-corrected chi connectivity index (χ0v) is 20.7. The summed E-state index contributed by atoms with van der Waals surface area (Å²) in [6.45, 7) is -0.857. The van der Waals surface area contributed by atoms with Crippen LogP contribution < -0.4 is 0 Å². The van der Waals surface area contributed by atoms with Crippen molar-refractivity contribution in [3.8, 4) is 5.75 Å². The Morgan fingerprint density at radius 1 is 1.00 bits per heavy atom. The average molecular weight is 533 g/mol. The van der Waals surface area contributed by atoms with Crippen LogP contribution in [0.5, 0.6) is 5.75 Å². The molecule has 0 radical (unpaired) electrons. The highest BCUT2D eigenvalue weighted by Crippen LogP contribution is 2.36. The van der Waals surface area contributed by atoms with Gasteiger partial charge in [0.2, 0.25) is 0 Å². The van der Waals surface area contributed by atoms with Crippen LogP contribution in [0.15, 0.2) is 75.8 Å². The second kappa shape index (κ2) is 11.6. The third-order valence-corrected chi connectivity index (χ3v) is 7.71. The standard InChI is InChI=1S/C25H28N2O9S/c1-34-25-23(31)22(30)24(20(14-28)36-25)35-11-12-37(32,33)17-7-4-6-16(13-17)26-27-21-18-8-3-2-5-15(18)9-10-19(21)29/h2-10,13,20,22-25,28-31H,11-12,14H2,1H3/t20-,22-,23-,24-,25+/m1/s1. The summed E-state index contributed by atoms with van der Waals surface area (Å²) in [7, 11) is -2.55. The second-order valence-electron chi connectivity index (χ2n) is 8.45. The highest BCUT2D eigenvalue weighted by molar-refractivity contribution is 7.91. The van der Waals surface area contributed by atoms with Crippen LogP contribution in [0.2, 0.25) is 0 Å². The minimum Gasteiger partial charge on any atom is -0.506 e. The highest BCUT2D eigenvalue weighted by Gasteiger charge is 2.45. The molecule has 1 saturated heterocycles. The number of hydrogen-bond acceptors (Lipinski definition) is 11. The molecule has 0 amide bonds. The van der Waals surface area contributed by atoms with Crippen LogP contribution in [0.1, 0.15) is 0 Å². The molecule has 5 atom stereocenters. The average Bonchev–Trinajstić information content (AvgIpc) is 2.90. The first-order valence-corrected chi connectivity index (χ1v) is 13.1. The number of aliphatic hydroxyl groups is 3. The van der Waals surface area contributed by atoms with Gasteiger partial charge in [0.15, 0.2) is 16.1 Å². The number of methoxy groups -OCH3 is 1. The van der Waals surface area contributed by atoms with Crippen molar-refractivity contribution in [3.05, 3.63) is 60.7 Å². The van der Waals surface area contributed by atoms with Gasteiger partial charge in [-0.15, -0.1) is 5.11 Å². The van der Waals surface area contributed by atoms with E-state index in [4.69, 9.17) is 14.2 Å². The topological polar surface area (TPSA) is 167 Å². The molecule has 1 heterocycles. The molecule has 0 aromatic heterocycles. The number of aromatic hydroxyl groups is 1. The highest BCUT2D eigenvalue weighted by atomic mass is 32.2. The fraction of sp³-hybridized carbons (Fsp3) is 0.360. The molecule has 11 nitrogen and oxygen atoms in total. The summed E-state index contributed by atoms with van der Waals surface area (Å²) < 4.78 is 41.6. The first-order valence-electron chi connectivity index (χ1n) is 11.5. The van der Waals surface area contributed by atoms with Gasteiger partial charge in [0.05, 0.1) is 29.5 Å². The predicted octanol–water partition coefficient (Wildman–Crippen LogP) is 2.21. The number of nitrogens with zero attached hydrogens (tertiary/aromatic N) is 2. The molecule has 4 rings (SSSR count). The van der Waals surface area contributed by atoms with Crippen molar-refractivity contribution in [1.29, 1.82) is 0 Å². The van der Waals surface area contributed by atoms with Crippen molar-refractivity contribution >= 4 is 32.0 Å². The van der Waals surface area contributed by atoms with Gasteiger partial charge in [-0.05, 0) is 29.7 Å². The quantitative estimate of drug-likeness (QED) is 0.302. The maximum Gasteiger partial charge on any atom is 0.186 e. The number of ether oxygens (including phenoxy) is 3. The molecule has 1 aliphatic rings. The van der Waals surface area contributed by atoms with Crippen LogP contribution in [0.3, 0.4) is 0 Å². The van der Waals surface area contributed by atoms with Gasteiger partial charge in [0.25, 0.3) is 0 Å². The lowest BCUT2D eigenvalue weighted by atomic mass is 9.99. The Morgan fingerprint density at radius 2 is 1.78 bits per heavy atom. The summed E-state index contributed by atoms with van der Waals surface area (Å²) in [4.78, 5) is -0.0201. The van der Waals surface area contributed by atoms with Crippen LogP contribution in [-0.4, -0.2) is 85.6 Å². The summed E-state index contributed by atoms with van der Waals surface area (Å²) in [5, 5.41) is 50.0. The largest absolute Gasteiger partial charge is 0.506 e. The van der Waals surface area contributed by atoms with Crippen molar-refractivity contribution in [2.75, 3.05) is 26.1 Å². The fourth-order valence-electron chi connectivity index (χ4n) is 4.06. The maximum atomic E-state index is 12.9. The number of aliphatic hydroxyl groups excluding tert-OH is 3. The van der Waals surface area contributed by atoms with E-state index < -0.39 is 52.9 Å². The molecular weight excluding hydrogens is 504 g/mol. The summed E-state index contributed by atoms with van der Waals surface area (Å²) in [5.41, 5.74) is 0.531.